The zero-order chi connectivity index (χ0) is 32.3. The highest BCUT2D eigenvalue weighted by molar-refractivity contribution is 5.32. The van der Waals surface area contributed by atoms with Crippen molar-refractivity contribution >= 4 is 0 Å². The lowest BCUT2D eigenvalue weighted by Crippen LogP contribution is -2.52. The largest absolute Gasteiger partial charge is 0.394 e. The van der Waals surface area contributed by atoms with Crippen LogP contribution < -0.4 is 0 Å². The summed E-state index contributed by atoms with van der Waals surface area (Å²) in [6, 6.07) is 4.76. The number of aliphatic hydroxyl groups is 6. The Hall–Kier alpha value is -2.08. The average Bonchev–Trinajstić information content (AvgIpc) is 2.83. The van der Waals surface area contributed by atoms with Gasteiger partial charge in [0.25, 0.3) is 0 Å². The van der Waals surface area contributed by atoms with Gasteiger partial charge in [-0.3, -0.25) is 0 Å². The van der Waals surface area contributed by atoms with E-state index in [1.165, 1.54) is 12.1 Å². The molecule has 6 N–H and O–H groups in total. The van der Waals surface area contributed by atoms with Crippen LogP contribution >= 0.6 is 0 Å². The highest BCUT2D eigenvalue weighted by Crippen LogP contribution is 2.33. The van der Waals surface area contributed by atoms with Gasteiger partial charge in [-0.2, -0.15) is 0 Å². The van der Waals surface area contributed by atoms with E-state index in [4.69, 9.17) is 5.11 Å². The summed E-state index contributed by atoms with van der Waals surface area (Å²) in [6.07, 6.45) is -9.53. The smallest absolute Gasteiger partial charge is 0.130 e. The Bertz CT molecular complexity index is 1150. The van der Waals surface area contributed by atoms with Crippen LogP contribution in [0.2, 0.25) is 0 Å². The standard InChI is InChI=1S/C32H46F4O6/c1-16(8-17-11-20(33)25(21(34)12-17)31(2,3)4)9-19(27(39)29(41)30(42)28(40)24(38)15-37)10-18-13-22(35)26(23(36)14-18)32(5,6)7/h11-14,16,19,24,27-30,37-42H,8-10,15H2,1-7H3/t16?,19?,24-,27?,28+,29+,30-/m0/s1. The van der Waals surface area contributed by atoms with Gasteiger partial charge >= 0.3 is 0 Å². The van der Waals surface area contributed by atoms with Crippen molar-refractivity contribution in [1.82, 2.24) is 0 Å². The van der Waals surface area contributed by atoms with Crippen molar-refractivity contribution in [2.45, 2.75) is 109 Å². The van der Waals surface area contributed by atoms with E-state index in [-0.39, 0.29) is 41.9 Å². The molecule has 42 heavy (non-hydrogen) atoms. The van der Waals surface area contributed by atoms with E-state index in [0.717, 1.165) is 12.1 Å². The Balaban J connectivity index is 2.40. The van der Waals surface area contributed by atoms with E-state index in [9.17, 15) is 43.1 Å². The summed E-state index contributed by atoms with van der Waals surface area (Å²) in [7, 11) is 0. The molecule has 0 radical (unpaired) electrons. The summed E-state index contributed by atoms with van der Waals surface area (Å²) in [5.74, 6) is -4.28. The van der Waals surface area contributed by atoms with Crippen LogP contribution in [0.3, 0.4) is 0 Å². The molecule has 0 aromatic heterocycles. The highest BCUT2D eigenvalue weighted by Gasteiger charge is 2.38. The third-order valence-electron chi connectivity index (χ3n) is 7.60. The first kappa shape index (κ1) is 36.1. The molecule has 238 valence electrons. The Morgan fingerprint density at radius 3 is 1.31 bits per heavy atom. The lowest BCUT2D eigenvalue weighted by Gasteiger charge is -2.34. The molecule has 0 aliphatic heterocycles. The number of hydrogen-bond donors (Lipinski definition) is 6. The van der Waals surface area contributed by atoms with Gasteiger partial charge in [0.15, 0.2) is 0 Å². The van der Waals surface area contributed by atoms with Crippen LogP contribution in [0.25, 0.3) is 0 Å². The molecule has 0 aliphatic rings. The van der Waals surface area contributed by atoms with Gasteiger partial charge in [0.1, 0.15) is 47.7 Å². The number of benzene rings is 2. The van der Waals surface area contributed by atoms with E-state index in [0.29, 0.717) is 5.56 Å². The predicted molar refractivity (Wildman–Crippen MR) is 152 cm³/mol. The second-order valence-corrected chi connectivity index (χ2v) is 13.6. The lowest BCUT2D eigenvalue weighted by molar-refractivity contribution is -0.149. The molecule has 0 amide bonds. The average molecular weight is 603 g/mol. The zero-order valence-corrected chi connectivity index (χ0v) is 25.4. The van der Waals surface area contributed by atoms with Gasteiger partial charge in [-0.1, -0.05) is 48.5 Å². The summed E-state index contributed by atoms with van der Waals surface area (Å²) >= 11 is 0. The molecular formula is C32H46F4O6. The molecule has 6 nitrogen and oxygen atoms in total. The molecule has 0 saturated carbocycles. The Morgan fingerprint density at radius 2 is 0.952 bits per heavy atom. The fourth-order valence-electron chi connectivity index (χ4n) is 5.59. The second kappa shape index (κ2) is 14.1. The van der Waals surface area contributed by atoms with Crippen molar-refractivity contribution in [3.05, 3.63) is 69.8 Å². The van der Waals surface area contributed by atoms with Crippen LogP contribution in [-0.4, -0.2) is 67.8 Å². The first-order chi connectivity index (χ1) is 19.2. The molecule has 0 fully saturated rings. The second-order valence-electron chi connectivity index (χ2n) is 13.6. The van der Waals surface area contributed by atoms with Crippen LogP contribution in [0.15, 0.2) is 24.3 Å². The van der Waals surface area contributed by atoms with Crippen molar-refractivity contribution < 1.29 is 48.2 Å². The molecule has 7 atom stereocenters. The van der Waals surface area contributed by atoms with Crippen LogP contribution in [0.4, 0.5) is 17.6 Å². The monoisotopic (exact) mass is 602 g/mol. The molecule has 2 aromatic carbocycles. The van der Waals surface area contributed by atoms with Crippen molar-refractivity contribution in [3.8, 4) is 0 Å². The first-order valence-electron chi connectivity index (χ1n) is 14.2. The van der Waals surface area contributed by atoms with Gasteiger partial charge < -0.3 is 30.6 Å². The lowest BCUT2D eigenvalue weighted by atomic mass is 9.79. The maximum atomic E-state index is 15.0. The molecule has 2 aromatic rings. The molecule has 3 unspecified atom stereocenters. The van der Waals surface area contributed by atoms with Gasteiger partial charge in [-0.05, 0) is 77.3 Å². The normalized spacial score (nSPS) is 17.8. The number of aliphatic hydroxyl groups excluding tert-OH is 6. The number of hydrogen-bond acceptors (Lipinski definition) is 6. The van der Waals surface area contributed by atoms with Crippen molar-refractivity contribution in [2.24, 2.45) is 11.8 Å². The number of halogens is 4. The van der Waals surface area contributed by atoms with Gasteiger partial charge in [0.05, 0.1) is 12.7 Å². The predicted octanol–water partition coefficient (Wildman–Crippen LogP) is 4.06. The first-order valence-corrected chi connectivity index (χ1v) is 14.2. The van der Waals surface area contributed by atoms with Gasteiger partial charge in [0.2, 0.25) is 0 Å². The summed E-state index contributed by atoms with van der Waals surface area (Å²) in [5, 5.41) is 61.0. The molecule has 0 saturated heterocycles. The van der Waals surface area contributed by atoms with Gasteiger partial charge in [-0.15, -0.1) is 0 Å². The fraction of sp³-hybridized carbons (Fsp3) is 0.625. The molecule has 0 heterocycles. The topological polar surface area (TPSA) is 121 Å². The van der Waals surface area contributed by atoms with E-state index >= 15 is 0 Å². The third-order valence-corrected chi connectivity index (χ3v) is 7.60. The summed E-state index contributed by atoms with van der Waals surface area (Å²) in [4.78, 5) is 0. The minimum absolute atomic E-state index is 0.0457. The van der Waals surface area contributed by atoms with E-state index in [1.54, 1.807) is 48.5 Å². The highest BCUT2D eigenvalue weighted by atomic mass is 19.1. The van der Waals surface area contributed by atoms with Crippen molar-refractivity contribution in [1.29, 1.82) is 0 Å². The van der Waals surface area contributed by atoms with Crippen LogP contribution in [0.1, 0.15) is 77.1 Å². The Labute approximate surface area is 245 Å². The van der Waals surface area contributed by atoms with Crippen LogP contribution in [-0.2, 0) is 23.7 Å². The zero-order valence-electron chi connectivity index (χ0n) is 25.4. The summed E-state index contributed by atoms with van der Waals surface area (Å²) in [6.45, 7) is 10.9. The molecule has 0 aliphatic carbocycles. The minimum atomic E-state index is -2.06. The molecule has 10 heteroatoms. The molecular weight excluding hydrogens is 556 g/mol. The maximum Gasteiger partial charge on any atom is 0.130 e. The van der Waals surface area contributed by atoms with E-state index in [2.05, 4.69) is 0 Å². The number of rotatable bonds is 12. The summed E-state index contributed by atoms with van der Waals surface area (Å²) < 4.78 is 59.6. The maximum absolute atomic E-state index is 15.0. The Kier molecular flexibility index (Phi) is 12.2. The van der Waals surface area contributed by atoms with E-state index < -0.39 is 77.1 Å². The molecule has 2 rings (SSSR count). The SMILES string of the molecule is CC(Cc1cc(F)c(C(C)(C)C)c(F)c1)CC(Cc1cc(F)c(C(C)(C)C)c(F)c1)C(O)[C@@H](O)[C@@H](O)[C@H](O)[C@@H](O)CO. The Morgan fingerprint density at radius 1 is 0.595 bits per heavy atom. The summed E-state index contributed by atoms with van der Waals surface area (Å²) in [5.41, 5.74) is -1.22. The minimum Gasteiger partial charge on any atom is -0.394 e. The van der Waals surface area contributed by atoms with Crippen molar-refractivity contribution in [3.63, 3.8) is 0 Å². The van der Waals surface area contributed by atoms with Crippen LogP contribution in [0, 0.1) is 35.1 Å². The quantitative estimate of drug-likeness (QED) is 0.204. The fourth-order valence-corrected chi connectivity index (χ4v) is 5.59. The molecule has 0 bridgehead atoms. The van der Waals surface area contributed by atoms with E-state index in [1.807, 2.05) is 0 Å². The van der Waals surface area contributed by atoms with Crippen molar-refractivity contribution in [2.75, 3.05) is 6.61 Å². The van der Waals surface area contributed by atoms with Crippen LogP contribution in [0.5, 0.6) is 0 Å². The van der Waals surface area contributed by atoms with Gasteiger partial charge in [-0.25, -0.2) is 17.6 Å². The molecule has 0 spiro atoms. The third kappa shape index (κ3) is 8.97. The van der Waals surface area contributed by atoms with Gasteiger partial charge in [0, 0.05) is 11.1 Å².